The van der Waals surface area contributed by atoms with E-state index < -0.39 is 11.9 Å². The quantitative estimate of drug-likeness (QED) is 0.831. The first-order valence-electron chi connectivity index (χ1n) is 6.40. The van der Waals surface area contributed by atoms with Gasteiger partial charge < -0.3 is 14.8 Å². The summed E-state index contributed by atoms with van der Waals surface area (Å²) >= 11 is 0. The Hall–Kier alpha value is -2.51. The highest BCUT2D eigenvalue weighted by Crippen LogP contribution is 2.27. The highest BCUT2D eigenvalue weighted by Gasteiger charge is 2.32. The summed E-state index contributed by atoms with van der Waals surface area (Å²) in [6.07, 6.45) is -4.49. The molecule has 1 aromatic heterocycles. The predicted octanol–water partition coefficient (Wildman–Crippen LogP) is 2.99. The minimum Gasteiger partial charge on any atom is -0.497 e. The number of halogens is 3. The zero-order valence-corrected chi connectivity index (χ0v) is 11.7. The van der Waals surface area contributed by atoms with Crippen LogP contribution in [-0.4, -0.2) is 30.5 Å². The maximum absolute atomic E-state index is 12.3. The largest absolute Gasteiger partial charge is 0.497 e. The van der Waals surface area contributed by atoms with E-state index in [0.29, 0.717) is 24.7 Å². The van der Waals surface area contributed by atoms with Crippen LogP contribution < -0.4 is 14.8 Å². The van der Waals surface area contributed by atoms with Gasteiger partial charge in [-0.1, -0.05) is 6.07 Å². The third-order valence-electron chi connectivity index (χ3n) is 2.67. The summed E-state index contributed by atoms with van der Waals surface area (Å²) in [7, 11) is 1.56. The molecule has 0 saturated carbocycles. The Labute approximate surface area is 125 Å². The van der Waals surface area contributed by atoms with Crippen LogP contribution in [0.15, 0.2) is 36.4 Å². The number of aromatic nitrogens is 2. The molecule has 0 aliphatic carbocycles. The highest BCUT2D eigenvalue weighted by atomic mass is 19.4. The van der Waals surface area contributed by atoms with E-state index in [0.717, 1.165) is 6.07 Å². The molecule has 1 N–H and O–H groups in total. The number of hydrogen-bond acceptors (Lipinski definition) is 5. The number of benzene rings is 1. The lowest BCUT2D eigenvalue weighted by Crippen LogP contribution is -2.14. The van der Waals surface area contributed by atoms with E-state index in [2.05, 4.69) is 15.5 Å². The molecular formula is C14H14F3N3O2. The van der Waals surface area contributed by atoms with Gasteiger partial charge in [0.25, 0.3) is 0 Å². The smallest absolute Gasteiger partial charge is 0.435 e. The molecule has 118 valence electrons. The fraction of sp³-hybridized carbons (Fsp3) is 0.286. The van der Waals surface area contributed by atoms with E-state index in [4.69, 9.17) is 9.47 Å². The first-order chi connectivity index (χ1) is 10.5. The maximum atomic E-state index is 12.3. The van der Waals surface area contributed by atoms with Crippen LogP contribution in [0.5, 0.6) is 11.5 Å². The van der Waals surface area contributed by atoms with E-state index >= 15 is 0 Å². The number of hydrogen-bond donors (Lipinski definition) is 1. The second-order valence-electron chi connectivity index (χ2n) is 4.26. The normalized spacial score (nSPS) is 11.1. The summed E-state index contributed by atoms with van der Waals surface area (Å²) < 4.78 is 47.5. The fourth-order valence-corrected chi connectivity index (χ4v) is 1.62. The van der Waals surface area contributed by atoms with Crippen molar-refractivity contribution in [2.75, 3.05) is 25.6 Å². The lowest BCUT2D eigenvalue weighted by Gasteiger charge is -2.09. The molecule has 1 heterocycles. The SMILES string of the molecule is COc1cccc(OCCNc2ccc(C(F)(F)F)nn2)c1. The Bertz CT molecular complexity index is 603. The fourth-order valence-electron chi connectivity index (χ4n) is 1.62. The first-order valence-corrected chi connectivity index (χ1v) is 6.40. The zero-order chi connectivity index (χ0) is 16.0. The van der Waals surface area contributed by atoms with Crippen LogP contribution in [-0.2, 0) is 6.18 Å². The molecule has 0 aliphatic rings. The molecule has 0 aliphatic heterocycles. The molecule has 0 amide bonds. The van der Waals surface area contributed by atoms with Crippen molar-refractivity contribution in [3.63, 3.8) is 0 Å². The lowest BCUT2D eigenvalue weighted by atomic mass is 10.3. The van der Waals surface area contributed by atoms with Crippen molar-refractivity contribution < 1.29 is 22.6 Å². The summed E-state index contributed by atoms with van der Waals surface area (Å²) in [5.74, 6) is 1.57. The van der Waals surface area contributed by atoms with E-state index in [1.165, 1.54) is 6.07 Å². The van der Waals surface area contributed by atoms with Crippen molar-refractivity contribution in [2.24, 2.45) is 0 Å². The predicted molar refractivity (Wildman–Crippen MR) is 74.0 cm³/mol. The molecule has 5 nitrogen and oxygen atoms in total. The summed E-state index contributed by atoms with van der Waals surface area (Å²) in [4.78, 5) is 0. The molecule has 0 radical (unpaired) electrons. The van der Waals surface area contributed by atoms with Gasteiger partial charge in [-0.2, -0.15) is 13.2 Å². The van der Waals surface area contributed by atoms with E-state index in [9.17, 15) is 13.2 Å². The number of alkyl halides is 3. The molecular weight excluding hydrogens is 299 g/mol. The average Bonchev–Trinajstić information content (AvgIpc) is 2.51. The van der Waals surface area contributed by atoms with Crippen LogP contribution in [0.1, 0.15) is 5.69 Å². The first kappa shape index (κ1) is 15.9. The van der Waals surface area contributed by atoms with Gasteiger partial charge in [0.1, 0.15) is 23.9 Å². The van der Waals surface area contributed by atoms with Gasteiger partial charge in [0.15, 0.2) is 5.69 Å². The van der Waals surface area contributed by atoms with Gasteiger partial charge in [0.05, 0.1) is 13.7 Å². The average molecular weight is 313 g/mol. The van der Waals surface area contributed by atoms with Crippen molar-refractivity contribution in [1.29, 1.82) is 0 Å². The molecule has 22 heavy (non-hydrogen) atoms. The molecule has 0 saturated heterocycles. The second kappa shape index (κ2) is 6.97. The van der Waals surface area contributed by atoms with Crippen LogP contribution in [0.3, 0.4) is 0 Å². The number of methoxy groups -OCH3 is 1. The lowest BCUT2D eigenvalue weighted by molar-refractivity contribution is -0.141. The van der Waals surface area contributed by atoms with Crippen LogP contribution in [0, 0.1) is 0 Å². The molecule has 0 spiro atoms. The monoisotopic (exact) mass is 313 g/mol. The summed E-state index contributed by atoms with van der Waals surface area (Å²) in [6, 6.07) is 9.20. The van der Waals surface area contributed by atoms with Crippen LogP contribution in [0.25, 0.3) is 0 Å². The topological polar surface area (TPSA) is 56.3 Å². The molecule has 2 aromatic rings. The molecule has 1 aromatic carbocycles. The minimum atomic E-state index is -4.49. The highest BCUT2D eigenvalue weighted by molar-refractivity contribution is 5.34. The summed E-state index contributed by atoms with van der Waals surface area (Å²) in [5, 5.41) is 9.40. The van der Waals surface area contributed by atoms with E-state index in [-0.39, 0.29) is 5.82 Å². The summed E-state index contributed by atoms with van der Waals surface area (Å²) in [5.41, 5.74) is -1.02. The van der Waals surface area contributed by atoms with Gasteiger partial charge in [-0.15, -0.1) is 10.2 Å². The minimum absolute atomic E-state index is 0.252. The van der Waals surface area contributed by atoms with E-state index in [1.54, 1.807) is 31.4 Å². The number of nitrogens with one attached hydrogen (secondary N) is 1. The maximum Gasteiger partial charge on any atom is 0.435 e. The van der Waals surface area contributed by atoms with Crippen LogP contribution >= 0.6 is 0 Å². The van der Waals surface area contributed by atoms with Crippen LogP contribution in [0.2, 0.25) is 0 Å². The number of anilines is 1. The van der Waals surface area contributed by atoms with E-state index in [1.807, 2.05) is 0 Å². The van der Waals surface area contributed by atoms with Gasteiger partial charge in [-0.25, -0.2) is 0 Å². The van der Waals surface area contributed by atoms with Gasteiger partial charge in [0, 0.05) is 6.07 Å². The molecule has 2 rings (SSSR count). The molecule has 0 unspecified atom stereocenters. The number of ether oxygens (including phenoxy) is 2. The molecule has 0 atom stereocenters. The third-order valence-corrected chi connectivity index (χ3v) is 2.67. The van der Waals surface area contributed by atoms with Crippen molar-refractivity contribution in [1.82, 2.24) is 10.2 Å². The molecule has 0 bridgehead atoms. The number of rotatable bonds is 6. The van der Waals surface area contributed by atoms with Crippen molar-refractivity contribution in [3.05, 3.63) is 42.1 Å². The second-order valence-corrected chi connectivity index (χ2v) is 4.26. The van der Waals surface area contributed by atoms with Crippen LogP contribution in [0.4, 0.5) is 19.0 Å². The molecule has 8 heteroatoms. The zero-order valence-electron chi connectivity index (χ0n) is 11.7. The van der Waals surface area contributed by atoms with Crippen molar-refractivity contribution in [3.8, 4) is 11.5 Å². The Morgan fingerprint density at radius 1 is 1.09 bits per heavy atom. The van der Waals surface area contributed by atoms with Gasteiger partial charge >= 0.3 is 6.18 Å². The third kappa shape index (κ3) is 4.51. The Morgan fingerprint density at radius 3 is 2.50 bits per heavy atom. The Morgan fingerprint density at radius 2 is 1.86 bits per heavy atom. The Kier molecular flexibility index (Phi) is 5.03. The van der Waals surface area contributed by atoms with Crippen molar-refractivity contribution in [2.45, 2.75) is 6.18 Å². The van der Waals surface area contributed by atoms with Gasteiger partial charge in [-0.3, -0.25) is 0 Å². The van der Waals surface area contributed by atoms with Gasteiger partial charge in [-0.05, 0) is 24.3 Å². The van der Waals surface area contributed by atoms with Gasteiger partial charge in [0.2, 0.25) is 0 Å². The Balaban J connectivity index is 1.79. The van der Waals surface area contributed by atoms with Crippen molar-refractivity contribution >= 4 is 5.82 Å². The standard InChI is InChI=1S/C14H14F3N3O2/c1-21-10-3-2-4-11(9-10)22-8-7-18-13-6-5-12(19-20-13)14(15,16)17/h2-6,9H,7-8H2,1H3,(H,18,20). The summed E-state index contributed by atoms with van der Waals surface area (Å²) in [6.45, 7) is 0.688. The number of nitrogens with zero attached hydrogens (tertiary/aromatic N) is 2. The molecule has 0 fully saturated rings.